The molecule has 0 spiro atoms. The number of aliphatic carboxylic acids is 1. The molecule has 3 aromatic rings. The number of rotatable bonds is 8. The second-order valence-corrected chi connectivity index (χ2v) is 8.66. The highest BCUT2D eigenvalue weighted by Gasteiger charge is 2.31. The zero-order chi connectivity index (χ0) is 24.9. The zero-order valence-electron chi connectivity index (χ0n) is 19.1. The molecule has 0 bridgehead atoms. The fraction of sp³-hybridized carbons (Fsp3) is 0.222. The third-order valence-electron chi connectivity index (χ3n) is 6.04. The number of carboxylic acids is 1. The number of hydrogen-bond donors (Lipinski definition) is 2. The van der Waals surface area contributed by atoms with Gasteiger partial charge in [0.05, 0.1) is 0 Å². The van der Waals surface area contributed by atoms with Crippen LogP contribution in [0.25, 0.3) is 11.1 Å². The van der Waals surface area contributed by atoms with E-state index in [0.717, 1.165) is 27.2 Å². The van der Waals surface area contributed by atoms with Crippen LogP contribution in [-0.4, -0.2) is 42.3 Å². The summed E-state index contributed by atoms with van der Waals surface area (Å²) in [5.74, 6) is -1.84. The molecule has 2 N–H and O–H groups in total. The third-order valence-corrected chi connectivity index (χ3v) is 6.29. The molecule has 0 heterocycles. The summed E-state index contributed by atoms with van der Waals surface area (Å²) in [6, 6.07) is 21.3. The number of carbonyl (C=O) groups is 3. The zero-order valence-corrected chi connectivity index (χ0v) is 19.9. The average Bonchev–Trinajstić information content (AvgIpc) is 3.18. The first-order valence-corrected chi connectivity index (χ1v) is 11.7. The van der Waals surface area contributed by atoms with Crippen molar-refractivity contribution in [1.29, 1.82) is 0 Å². The Morgan fingerprint density at radius 1 is 0.971 bits per heavy atom. The van der Waals surface area contributed by atoms with Crippen molar-refractivity contribution in [3.05, 3.63) is 88.9 Å². The van der Waals surface area contributed by atoms with Gasteiger partial charge in [-0.05, 0) is 52.9 Å². The number of ether oxygens (including phenoxy) is 1. The van der Waals surface area contributed by atoms with Crippen LogP contribution in [0.2, 0.25) is 5.02 Å². The molecule has 3 aromatic carbocycles. The van der Waals surface area contributed by atoms with Crippen LogP contribution in [0.1, 0.15) is 30.4 Å². The topological polar surface area (TPSA) is 95.9 Å². The quantitative estimate of drug-likeness (QED) is 0.457. The number of fused-ring (bicyclic) bond motifs is 3. The number of anilines is 1. The van der Waals surface area contributed by atoms with Crippen LogP contribution in [0, 0.1) is 0 Å². The third kappa shape index (κ3) is 5.30. The van der Waals surface area contributed by atoms with Crippen molar-refractivity contribution in [3.8, 4) is 11.1 Å². The molecule has 0 saturated carbocycles. The Bertz CT molecular complexity index is 1200. The minimum absolute atomic E-state index is 0.110. The minimum Gasteiger partial charge on any atom is -0.480 e. The smallest absolute Gasteiger partial charge is 0.407 e. The lowest BCUT2D eigenvalue weighted by molar-refractivity contribution is -0.136. The van der Waals surface area contributed by atoms with Gasteiger partial charge >= 0.3 is 12.1 Å². The molecular formula is C27H25ClN2O5. The van der Waals surface area contributed by atoms with Crippen molar-refractivity contribution in [2.24, 2.45) is 0 Å². The van der Waals surface area contributed by atoms with E-state index in [1.54, 1.807) is 31.2 Å². The van der Waals surface area contributed by atoms with Crippen LogP contribution in [0.3, 0.4) is 0 Å². The van der Waals surface area contributed by atoms with Crippen molar-refractivity contribution in [1.82, 2.24) is 5.32 Å². The highest BCUT2D eigenvalue weighted by molar-refractivity contribution is 6.30. The Hall–Kier alpha value is -3.84. The van der Waals surface area contributed by atoms with Crippen molar-refractivity contribution >= 4 is 35.3 Å². The van der Waals surface area contributed by atoms with E-state index in [4.69, 9.17) is 16.3 Å². The number of benzene rings is 3. The van der Waals surface area contributed by atoms with Gasteiger partial charge in [0, 0.05) is 16.6 Å². The Balaban J connectivity index is 1.45. The second kappa shape index (κ2) is 10.6. The summed E-state index contributed by atoms with van der Waals surface area (Å²) in [5, 5.41) is 12.4. The number of carboxylic acid groups (broad SMARTS) is 1. The van der Waals surface area contributed by atoms with E-state index in [1.807, 2.05) is 48.5 Å². The number of halogens is 1. The number of nitrogens with one attached hydrogen (secondary N) is 1. The molecule has 0 saturated heterocycles. The number of nitrogens with zero attached hydrogens (tertiary/aromatic N) is 1. The van der Waals surface area contributed by atoms with Crippen molar-refractivity contribution in [3.63, 3.8) is 0 Å². The maximum Gasteiger partial charge on any atom is 0.407 e. The van der Waals surface area contributed by atoms with Crippen LogP contribution in [0.4, 0.5) is 10.5 Å². The fourth-order valence-corrected chi connectivity index (χ4v) is 4.49. The van der Waals surface area contributed by atoms with Crippen LogP contribution in [0.15, 0.2) is 72.8 Å². The summed E-state index contributed by atoms with van der Waals surface area (Å²) in [6.07, 6.45) is -0.481. The van der Waals surface area contributed by atoms with Gasteiger partial charge in [0.1, 0.15) is 19.2 Å². The van der Waals surface area contributed by atoms with Gasteiger partial charge in [-0.25, -0.2) is 4.79 Å². The van der Waals surface area contributed by atoms with E-state index >= 15 is 0 Å². The molecule has 1 aliphatic rings. The van der Waals surface area contributed by atoms with Gasteiger partial charge in [0.15, 0.2) is 0 Å². The lowest BCUT2D eigenvalue weighted by Crippen LogP contribution is -2.50. The lowest BCUT2D eigenvalue weighted by atomic mass is 9.98. The van der Waals surface area contributed by atoms with Gasteiger partial charge < -0.3 is 15.2 Å². The SMILES string of the molecule is CC[C@H](NC(=O)OCC1c2ccccc2-c2ccccc21)C(=O)N(CC(=O)O)c1ccc(Cl)cc1. The first-order valence-electron chi connectivity index (χ1n) is 11.3. The fourth-order valence-electron chi connectivity index (χ4n) is 4.36. The number of alkyl carbamates (subject to hydrolysis) is 1. The molecular weight excluding hydrogens is 468 g/mol. The van der Waals surface area contributed by atoms with Crippen LogP contribution < -0.4 is 10.2 Å². The van der Waals surface area contributed by atoms with Crippen molar-refractivity contribution in [2.75, 3.05) is 18.1 Å². The standard InChI is InChI=1S/C27H25ClN2O5/c1-2-24(26(33)30(15-25(31)32)18-13-11-17(28)12-14-18)29-27(34)35-16-23-21-9-5-3-7-19(21)20-8-4-6-10-22(20)23/h3-14,23-24H,2,15-16H2,1H3,(H,29,34)(H,31,32)/t24-/m0/s1. The molecule has 0 unspecified atom stereocenters. The van der Waals surface area contributed by atoms with Crippen LogP contribution in [0.5, 0.6) is 0 Å². The summed E-state index contributed by atoms with van der Waals surface area (Å²) < 4.78 is 5.55. The number of hydrogen-bond acceptors (Lipinski definition) is 4. The Kier molecular flexibility index (Phi) is 7.36. The second-order valence-electron chi connectivity index (χ2n) is 8.23. The van der Waals surface area contributed by atoms with Gasteiger partial charge in [0.2, 0.25) is 5.91 Å². The first kappa shape index (κ1) is 24.3. The molecule has 0 aromatic heterocycles. The van der Waals surface area contributed by atoms with Gasteiger partial charge in [-0.3, -0.25) is 14.5 Å². The summed E-state index contributed by atoms with van der Waals surface area (Å²) in [6.45, 7) is 1.29. The molecule has 4 rings (SSSR count). The minimum atomic E-state index is -1.18. The van der Waals surface area contributed by atoms with Gasteiger partial charge in [-0.1, -0.05) is 67.1 Å². The molecule has 0 fully saturated rings. The van der Waals surface area contributed by atoms with Gasteiger partial charge in [-0.2, -0.15) is 0 Å². The lowest BCUT2D eigenvalue weighted by Gasteiger charge is -2.26. The predicted octanol–water partition coefficient (Wildman–Crippen LogP) is 5.07. The summed E-state index contributed by atoms with van der Waals surface area (Å²) >= 11 is 5.92. The highest BCUT2D eigenvalue weighted by Crippen LogP contribution is 2.44. The Morgan fingerprint density at radius 3 is 2.09 bits per heavy atom. The first-order chi connectivity index (χ1) is 16.9. The van der Waals surface area contributed by atoms with Gasteiger partial charge in [0.25, 0.3) is 0 Å². The van der Waals surface area contributed by atoms with Crippen molar-refractivity contribution < 1.29 is 24.2 Å². The predicted molar refractivity (Wildman–Crippen MR) is 134 cm³/mol. The summed E-state index contributed by atoms with van der Waals surface area (Å²) in [4.78, 5) is 38.4. The maximum absolute atomic E-state index is 13.2. The Labute approximate surface area is 208 Å². The van der Waals surface area contributed by atoms with Gasteiger partial charge in [-0.15, -0.1) is 0 Å². The average molecular weight is 493 g/mol. The molecule has 0 radical (unpaired) electrons. The van der Waals surface area contributed by atoms with Crippen LogP contribution in [-0.2, 0) is 14.3 Å². The number of amides is 2. The van der Waals surface area contributed by atoms with E-state index in [2.05, 4.69) is 5.32 Å². The molecule has 1 aliphatic carbocycles. The molecule has 180 valence electrons. The summed E-state index contributed by atoms with van der Waals surface area (Å²) in [5.41, 5.74) is 4.77. The molecule has 7 nitrogen and oxygen atoms in total. The molecule has 0 aliphatic heterocycles. The van der Waals surface area contributed by atoms with Crippen molar-refractivity contribution in [2.45, 2.75) is 25.3 Å². The summed E-state index contributed by atoms with van der Waals surface area (Å²) in [7, 11) is 0. The molecule has 2 amide bonds. The monoisotopic (exact) mass is 492 g/mol. The van der Waals surface area contributed by atoms with E-state index in [0.29, 0.717) is 10.7 Å². The molecule has 35 heavy (non-hydrogen) atoms. The normalized spacial score (nSPS) is 12.9. The highest BCUT2D eigenvalue weighted by atomic mass is 35.5. The van der Waals surface area contributed by atoms with E-state index in [9.17, 15) is 19.5 Å². The largest absolute Gasteiger partial charge is 0.480 e. The molecule has 8 heteroatoms. The Morgan fingerprint density at radius 2 is 1.54 bits per heavy atom. The van der Waals surface area contributed by atoms with E-state index < -0.39 is 30.6 Å². The maximum atomic E-state index is 13.2. The number of carbonyl (C=O) groups excluding carboxylic acids is 2. The van der Waals surface area contributed by atoms with E-state index in [1.165, 1.54) is 0 Å². The van der Waals surface area contributed by atoms with E-state index in [-0.39, 0.29) is 18.9 Å². The molecule has 1 atom stereocenters. The van der Waals surface area contributed by atoms with Crippen LogP contribution >= 0.6 is 11.6 Å².